The third-order valence-electron chi connectivity index (χ3n) is 3.89. The van der Waals surface area contributed by atoms with E-state index >= 15 is 0 Å². The third-order valence-corrected chi connectivity index (χ3v) is 3.89. The number of hydrogen-bond donors (Lipinski definition) is 1. The van der Waals surface area contributed by atoms with E-state index in [-0.39, 0.29) is 0 Å². The van der Waals surface area contributed by atoms with Gasteiger partial charge in [0.25, 0.3) is 0 Å². The Morgan fingerprint density at radius 2 is 2.29 bits per heavy atom. The van der Waals surface area contributed by atoms with Gasteiger partial charge in [0.1, 0.15) is 0 Å². The van der Waals surface area contributed by atoms with Crippen LogP contribution in [0, 0.1) is 11.8 Å². The highest BCUT2D eigenvalue weighted by Gasteiger charge is 2.38. The molecule has 0 aromatic heterocycles. The highest BCUT2D eigenvalue weighted by molar-refractivity contribution is 4.89. The molecule has 2 aliphatic rings. The molecule has 0 bridgehead atoms. The Labute approximate surface area is 86.6 Å². The number of fused-ring (bicyclic) bond motifs is 1. The molecule has 3 nitrogen and oxygen atoms in total. The molecule has 14 heavy (non-hydrogen) atoms. The van der Waals surface area contributed by atoms with Crippen LogP contribution in [0.3, 0.4) is 0 Å². The van der Waals surface area contributed by atoms with E-state index in [2.05, 4.69) is 11.9 Å². The maximum Gasteiger partial charge on any atom is 0.0625 e. The minimum absolute atomic E-state index is 0.661. The Hall–Kier alpha value is -0.120. The summed E-state index contributed by atoms with van der Waals surface area (Å²) in [5, 5.41) is 0. The summed E-state index contributed by atoms with van der Waals surface area (Å²) in [6, 6.07) is 0.661. The largest absolute Gasteiger partial charge is 0.379 e. The van der Waals surface area contributed by atoms with Crippen molar-refractivity contribution in [1.82, 2.24) is 4.90 Å². The van der Waals surface area contributed by atoms with Gasteiger partial charge in [-0.2, -0.15) is 0 Å². The van der Waals surface area contributed by atoms with E-state index in [1.165, 1.54) is 25.8 Å². The fourth-order valence-corrected chi connectivity index (χ4v) is 3.02. The summed E-state index contributed by atoms with van der Waals surface area (Å²) in [6.45, 7) is 3.95. The lowest BCUT2D eigenvalue weighted by molar-refractivity contribution is 0.157. The van der Waals surface area contributed by atoms with Crippen LogP contribution >= 0.6 is 0 Å². The fraction of sp³-hybridized carbons (Fsp3) is 1.00. The molecule has 0 aromatic carbocycles. The van der Waals surface area contributed by atoms with Gasteiger partial charge in [-0.15, -0.1) is 0 Å². The molecule has 3 atom stereocenters. The van der Waals surface area contributed by atoms with Crippen molar-refractivity contribution in [2.24, 2.45) is 17.6 Å². The smallest absolute Gasteiger partial charge is 0.0625 e. The third kappa shape index (κ3) is 1.95. The molecule has 2 rings (SSSR count). The molecule has 0 radical (unpaired) electrons. The Morgan fingerprint density at radius 3 is 3.07 bits per heavy atom. The number of hydrogen-bond acceptors (Lipinski definition) is 3. The van der Waals surface area contributed by atoms with Gasteiger partial charge in [-0.05, 0) is 45.3 Å². The fourth-order valence-electron chi connectivity index (χ4n) is 3.02. The second kappa shape index (κ2) is 4.60. The maximum atomic E-state index is 5.67. The van der Waals surface area contributed by atoms with Gasteiger partial charge >= 0.3 is 0 Å². The molecule has 82 valence electrons. The average molecular weight is 198 g/mol. The summed E-state index contributed by atoms with van der Waals surface area (Å²) >= 11 is 0. The molecule has 2 fully saturated rings. The van der Waals surface area contributed by atoms with Gasteiger partial charge in [-0.3, -0.25) is 0 Å². The summed E-state index contributed by atoms with van der Waals surface area (Å²) < 4.78 is 5.61. The molecule has 0 saturated carbocycles. The first kappa shape index (κ1) is 10.4. The molecule has 0 aromatic rings. The standard InChI is InChI=1S/C11H22N2O/c1-13-6-2-3-9(4-5-12)10-7-14-8-11(10)13/h9-11H,2-8,12H2,1H3. The van der Waals surface area contributed by atoms with Crippen molar-refractivity contribution in [3.8, 4) is 0 Å². The van der Waals surface area contributed by atoms with Crippen molar-refractivity contribution >= 4 is 0 Å². The summed E-state index contributed by atoms with van der Waals surface area (Å²) in [5.41, 5.74) is 5.67. The predicted octanol–water partition coefficient (Wildman–Crippen LogP) is 0.692. The van der Waals surface area contributed by atoms with Gasteiger partial charge in [0.2, 0.25) is 0 Å². The number of likely N-dealkylation sites (tertiary alicyclic amines) is 1. The average Bonchev–Trinajstić information content (AvgIpc) is 2.60. The highest BCUT2D eigenvalue weighted by Crippen LogP contribution is 2.33. The van der Waals surface area contributed by atoms with Crippen LogP contribution in [0.2, 0.25) is 0 Å². The maximum absolute atomic E-state index is 5.67. The predicted molar refractivity (Wildman–Crippen MR) is 57.1 cm³/mol. The van der Waals surface area contributed by atoms with Crippen molar-refractivity contribution in [2.45, 2.75) is 25.3 Å². The molecule has 2 heterocycles. The Bertz CT molecular complexity index is 186. The summed E-state index contributed by atoms with van der Waals surface area (Å²) in [7, 11) is 2.23. The molecular formula is C11H22N2O. The summed E-state index contributed by atoms with van der Waals surface area (Å²) in [6.07, 6.45) is 3.85. The highest BCUT2D eigenvalue weighted by atomic mass is 16.5. The molecular weight excluding hydrogens is 176 g/mol. The molecule has 3 heteroatoms. The number of rotatable bonds is 2. The van der Waals surface area contributed by atoms with Crippen molar-refractivity contribution in [3.05, 3.63) is 0 Å². The minimum atomic E-state index is 0.661. The van der Waals surface area contributed by atoms with E-state index < -0.39 is 0 Å². The lowest BCUT2D eigenvalue weighted by Crippen LogP contribution is -2.38. The van der Waals surface area contributed by atoms with Gasteiger partial charge in [0, 0.05) is 12.0 Å². The van der Waals surface area contributed by atoms with Gasteiger partial charge < -0.3 is 15.4 Å². The monoisotopic (exact) mass is 198 g/mol. The van der Waals surface area contributed by atoms with Gasteiger partial charge in [0.15, 0.2) is 0 Å². The molecule has 2 aliphatic heterocycles. The number of nitrogens with two attached hydrogens (primary N) is 1. The zero-order chi connectivity index (χ0) is 9.97. The molecule has 0 amide bonds. The van der Waals surface area contributed by atoms with Crippen LogP contribution in [0.5, 0.6) is 0 Å². The van der Waals surface area contributed by atoms with Crippen molar-refractivity contribution in [2.75, 3.05) is 33.4 Å². The van der Waals surface area contributed by atoms with Crippen LogP contribution in [0.1, 0.15) is 19.3 Å². The van der Waals surface area contributed by atoms with E-state index in [4.69, 9.17) is 10.5 Å². The van der Waals surface area contributed by atoms with E-state index in [1.54, 1.807) is 0 Å². The van der Waals surface area contributed by atoms with E-state index in [1.807, 2.05) is 0 Å². The summed E-state index contributed by atoms with van der Waals surface area (Å²) in [4.78, 5) is 2.48. The molecule has 3 unspecified atom stereocenters. The molecule has 2 saturated heterocycles. The van der Waals surface area contributed by atoms with E-state index in [0.29, 0.717) is 6.04 Å². The second-order valence-corrected chi connectivity index (χ2v) is 4.73. The Morgan fingerprint density at radius 1 is 1.43 bits per heavy atom. The van der Waals surface area contributed by atoms with Crippen LogP contribution in [0.4, 0.5) is 0 Å². The quantitative estimate of drug-likeness (QED) is 0.709. The number of nitrogens with zero attached hydrogens (tertiary/aromatic N) is 1. The lowest BCUT2D eigenvalue weighted by Gasteiger charge is -2.28. The SMILES string of the molecule is CN1CCCC(CCN)C2COCC21. The first-order valence-electron chi connectivity index (χ1n) is 5.81. The zero-order valence-electron chi connectivity index (χ0n) is 9.11. The Kier molecular flexibility index (Phi) is 3.42. The van der Waals surface area contributed by atoms with Crippen LogP contribution in [0.25, 0.3) is 0 Å². The zero-order valence-corrected chi connectivity index (χ0v) is 9.11. The number of ether oxygens (including phenoxy) is 1. The lowest BCUT2D eigenvalue weighted by atomic mass is 9.84. The van der Waals surface area contributed by atoms with Crippen LogP contribution in [-0.4, -0.2) is 44.3 Å². The first-order valence-corrected chi connectivity index (χ1v) is 5.81. The topological polar surface area (TPSA) is 38.5 Å². The van der Waals surface area contributed by atoms with Crippen LogP contribution in [0.15, 0.2) is 0 Å². The molecule has 0 aliphatic carbocycles. The summed E-state index contributed by atoms with van der Waals surface area (Å²) in [5.74, 6) is 1.54. The first-order chi connectivity index (χ1) is 6.83. The van der Waals surface area contributed by atoms with Gasteiger partial charge in [-0.1, -0.05) is 0 Å². The normalized spacial score (nSPS) is 39.4. The van der Waals surface area contributed by atoms with Gasteiger partial charge in [0.05, 0.1) is 13.2 Å². The van der Waals surface area contributed by atoms with Crippen LogP contribution < -0.4 is 5.73 Å². The van der Waals surface area contributed by atoms with E-state index in [0.717, 1.165) is 31.6 Å². The molecule has 0 spiro atoms. The number of likely N-dealkylation sites (N-methyl/N-ethyl adjacent to an activating group) is 1. The second-order valence-electron chi connectivity index (χ2n) is 4.73. The van der Waals surface area contributed by atoms with Crippen molar-refractivity contribution in [1.29, 1.82) is 0 Å². The van der Waals surface area contributed by atoms with Crippen molar-refractivity contribution < 1.29 is 4.74 Å². The van der Waals surface area contributed by atoms with Crippen LogP contribution in [-0.2, 0) is 4.74 Å². The van der Waals surface area contributed by atoms with Gasteiger partial charge in [-0.25, -0.2) is 0 Å². The van der Waals surface area contributed by atoms with Crippen molar-refractivity contribution in [3.63, 3.8) is 0 Å². The minimum Gasteiger partial charge on any atom is -0.379 e. The van der Waals surface area contributed by atoms with E-state index in [9.17, 15) is 0 Å². The molecule has 2 N–H and O–H groups in total. The Balaban J connectivity index is 2.04.